The third-order valence-electron chi connectivity index (χ3n) is 3.00. The van der Waals surface area contributed by atoms with E-state index in [1.807, 2.05) is 6.92 Å². The van der Waals surface area contributed by atoms with Crippen LogP contribution < -0.4 is 10.0 Å². The van der Waals surface area contributed by atoms with Gasteiger partial charge in [-0.05, 0) is 36.8 Å². The highest BCUT2D eigenvalue weighted by Crippen LogP contribution is 2.28. The first-order valence-electron chi connectivity index (χ1n) is 5.96. The molecule has 0 aliphatic rings. The van der Waals surface area contributed by atoms with E-state index in [1.54, 1.807) is 24.3 Å². The number of aromatic hydroxyl groups is 1. The smallest absolute Gasteiger partial charge is 0.266 e. The van der Waals surface area contributed by atoms with Gasteiger partial charge in [0.25, 0.3) is 10.0 Å². The number of hydrogen-bond acceptors (Lipinski definition) is 4. The lowest BCUT2D eigenvalue weighted by molar-refractivity contribution is 0.475. The van der Waals surface area contributed by atoms with E-state index in [1.165, 1.54) is 25.2 Å². The fourth-order valence-electron chi connectivity index (χ4n) is 1.88. The van der Waals surface area contributed by atoms with Crippen LogP contribution in [0.15, 0.2) is 47.4 Å². The number of nitrogens with two attached hydrogens (primary N) is 1. The van der Waals surface area contributed by atoms with Crippen molar-refractivity contribution in [3.05, 3.63) is 48.0 Å². The Labute approximate surface area is 118 Å². The van der Waals surface area contributed by atoms with E-state index in [0.29, 0.717) is 5.69 Å². The highest BCUT2D eigenvalue weighted by molar-refractivity contribution is 7.93. The van der Waals surface area contributed by atoms with Crippen molar-refractivity contribution in [2.45, 2.75) is 11.8 Å². The van der Waals surface area contributed by atoms with Crippen LogP contribution in [-0.4, -0.2) is 20.6 Å². The Kier molecular flexibility index (Phi) is 3.59. The second-order valence-electron chi connectivity index (χ2n) is 4.53. The molecule has 0 amide bonds. The summed E-state index contributed by atoms with van der Waals surface area (Å²) in [6.45, 7) is 1.84. The SMILES string of the molecule is Cc1ccc(S(=O)(=O)N(C)c2cccc(O)c2)c(N)c1. The first kappa shape index (κ1) is 14.2. The van der Waals surface area contributed by atoms with Crippen molar-refractivity contribution in [2.75, 3.05) is 17.1 Å². The number of anilines is 2. The summed E-state index contributed by atoms with van der Waals surface area (Å²) in [5.74, 6) is 0.00132. The van der Waals surface area contributed by atoms with Gasteiger partial charge in [0.2, 0.25) is 0 Å². The van der Waals surface area contributed by atoms with E-state index < -0.39 is 10.0 Å². The van der Waals surface area contributed by atoms with Crippen molar-refractivity contribution in [3.63, 3.8) is 0 Å². The maximum absolute atomic E-state index is 12.5. The van der Waals surface area contributed by atoms with Gasteiger partial charge in [0.1, 0.15) is 10.6 Å². The zero-order valence-electron chi connectivity index (χ0n) is 11.2. The third kappa shape index (κ3) is 2.55. The first-order valence-corrected chi connectivity index (χ1v) is 7.40. The average Bonchev–Trinajstić information content (AvgIpc) is 2.37. The molecule has 0 aliphatic heterocycles. The molecule has 106 valence electrons. The molecule has 5 nitrogen and oxygen atoms in total. The van der Waals surface area contributed by atoms with Crippen LogP contribution in [-0.2, 0) is 10.0 Å². The van der Waals surface area contributed by atoms with E-state index in [9.17, 15) is 13.5 Å². The van der Waals surface area contributed by atoms with E-state index >= 15 is 0 Å². The molecule has 0 heterocycles. The molecule has 0 spiro atoms. The number of phenolic OH excluding ortho intramolecular Hbond substituents is 1. The average molecular weight is 292 g/mol. The minimum Gasteiger partial charge on any atom is -0.508 e. The Bertz CT molecular complexity index is 742. The van der Waals surface area contributed by atoms with Gasteiger partial charge in [0, 0.05) is 13.1 Å². The number of nitrogens with zero attached hydrogens (tertiary/aromatic N) is 1. The maximum atomic E-state index is 12.5. The van der Waals surface area contributed by atoms with Crippen molar-refractivity contribution in [1.82, 2.24) is 0 Å². The Morgan fingerprint density at radius 1 is 1.15 bits per heavy atom. The fraction of sp³-hybridized carbons (Fsp3) is 0.143. The number of benzene rings is 2. The molecule has 2 rings (SSSR count). The highest BCUT2D eigenvalue weighted by Gasteiger charge is 2.23. The van der Waals surface area contributed by atoms with Crippen molar-refractivity contribution < 1.29 is 13.5 Å². The summed E-state index contributed by atoms with van der Waals surface area (Å²) in [4.78, 5) is 0.0499. The van der Waals surface area contributed by atoms with Gasteiger partial charge >= 0.3 is 0 Å². The summed E-state index contributed by atoms with van der Waals surface area (Å²) < 4.78 is 26.2. The van der Waals surface area contributed by atoms with Crippen LogP contribution in [0.1, 0.15) is 5.56 Å². The molecule has 0 radical (unpaired) electrons. The first-order chi connectivity index (χ1) is 9.32. The van der Waals surface area contributed by atoms with Crippen LogP contribution in [0.4, 0.5) is 11.4 Å². The molecular formula is C14H16N2O3S. The molecule has 0 saturated carbocycles. The van der Waals surface area contributed by atoms with E-state index in [2.05, 4.69) is 0 Å². The van der Waals surface area contributed by atoms with E-state index in [4.69, 9.17) is 5.73 Å². The summed E-state index contributed by atoms with van der Waals surface area (Å²) in [6, 6.07) is 10.8. The maximum Gasteiger partial charge on any atom is 0.266 e. The van der Waals surface area contributed by atoms with Crippen molar-refractivity contribution >= 4 is 21.4 Å². The summed E-state index contributed by atoms with van der Waals surface area (Å²) in [6.07, 6.45) is 0. The molecule has 2 aromatic carbocycles. The van der Waals surface area contributed by atoms with E-state index in [0.717, 1.165) is 9.87 Å². The molecule has 0 saturated heterocycles. The van der Waals surface area contributed by atoms with Gasteiger partial charge in [-0.25, -0.2) is 8.42 Å². The number of aryl methyl sites for hydroxylation is 1. The summed E-state index contributed by atoms with van der Waals surface area (Å²) in [5, 5.41) is 9.44. The van der Waals surface area contributed by atoms with Crippen LogP contribution in [0.2, 0.25) is 0 Å². The molecule has 0 fully saturated rings. The number of nitrogen functional groups attached to an aromatic ring is 1. The molecule has 6 heteroatoms. The summed E-state index contributed by atoms with van der Waals surface area (Å²) in [7, 11) is -2.34. The molecule has 2 aromatic rings. The quantitative estimate of drug-likeness (QED) is 0.849. The Balaban J connectivity index is 2.49. The lowest BCUT2D eigenvalue weighted by atomic mass is 10.2. The molecule has 0 aliphatic carbocycles. The van der Waals surface area contributed by atoms with Crippen LogP contribution in [0, 0.1) is 6.92 Å². The zero-order valence-corrected chi connectivity index (χ0v) is 12.1. The Morgan fingerprint density at radius 3 is 2.45 bits per heavy atom. The molecule has 0 bridgehead atoms. The topological polar surface area (TPSA) is 83.6 Å². The van der Waals surface area contributed by atoms with Crippen molar-refractivity contribution in [3.8, 4) is 5.75 Å². The predicted molar refractivity (Wildman–Crippen MR) is 79.3 cm³/mol. The summed E-state index contributed by atoms with van der Waals surface area (Å²) >= 11 is 0. The van der Waals surface area contributed by atoms with E-state index in [-0.39, 0.29) is 16.3 Å². The lowest BCUT2D eigenvalue weighted by Gasteiger charge is -2.20. The van der Waals surface area contributed by atoms with Crippen LogP contribution >= 0.6 is 0 Å². The van der Waals surface area contributed by atoms with Gasteiger partial charge in [0.05, 0.1) is 11.4 Å². The molecule has 0 unspecified atom stereocenters. The monoisotopic (exact) mass is 292 g/mol. The van der Waals surface area contributed by atoms with Gasteiger partial charge in [-0.1, -0.05) is 12.1 Å². The minimum atomic E-state index is -3.76. The van der Waals surface area contributed by atoms with Gasteiger partial charge < -0.3 is 10.8 Å². The number of phenols is 1. The third-order valence-corrected chi connectivity index (χ3v) is 4.86. The summed E-state index contributed by atoms with van der Waals surface area (Å²) in [5.41, 5.74) is 7.26. The standard InChI is InChI=1S/C14H16N2O3S/c1-10-6-7-14(13(15)8-10)20(18,19)16(2)11-4-3-5-12(17)9-11/h3-9,17H,15H2,1-2H3. The second kappa shape index (κ2) is 5.05. The normalized spacial score (nSPS) is 11.3. The molecule has 3 N–H and O–H groups in total. The van der Waals surface area contributed by atoms with Crippen LogP contribution in [0.3, 0.4) is 0 Å². The van der Waals surface area contributed by atoms with Crippen LogP contribution in [0.5, 0.6) is 5.75 Å². The van der Waals surface area contributed by atoms with Gasteiger partial charge in [-0.2, -0.15) is 0 Å². The van der Waals surface area contributed by atoms with Crippen LogP contribution in [0.25, 0.3) is 0 Å². The molecule has 0 atom stereocenters. The Morgan fingerprint density at radius 2 is 1.85 bits per heavy atom. The largest absolute Gasteiger partial charge is 0.508 e. The van der Waals surface area contributed by atoms with Gasteiger partial charge in [-0.15, -0.1) is 0 Å². The van der Waals surface area contributed by atoms with Gasteiger partial charge in [-0.3, -0.25) is 4.31 Å². The fourth-order valence-corrected chi connectivity index (χ4v) is 3.16. The number of sulfonamides is 1. The number of rotatable bonds is 3. The molecule has 0 aromatic heterocycles. The Hall–Kier alpha value is -2.21. The zero-order chi connectivity index (χ0) is 14.9. The highest BCUT2D eigenvalue weighted by atomic mass is 32.2. The predicted octanol–water partition coefficient (Wildman–Crippen LogP) is 2.11. The van der Waals surface area contributed by atoms with Crippen molar-refractivity contribution in [2.24, 2.45) is 0 Å². The van der Waals surface area contributed by atoms with Crippen molar-refractivity contribution in [1.29, 1.82) is 0 Å². The number of hydrogen-bond donors (Lipinski definition) is 2. The minimum absolute atomic E-state index is 0.00132. The second-order valence-corrected chi connectivity index (χ2v) is 6.47. The molecular weight excluding hydrogens is 276 g/mol. The lowest BCUT2D eigenvalue weighted by Crippen LogP contribution is -2.27. The van der Waals surface area contributed by atoms with Gasteiger partial charge in [0.15, 0.2) is 0 Å². The molecule has 20 heavy (non-hydrogen) atoms.